The minimum absolute atomic E-state index is 0.403. The maximum absolute atomic E-state index is 11.1. The first-order valence-electron chi connectivity index (χ1n) is 5.56. The Morgan fingerprint density at radius 3 is 2.84 bits per heavy atom. The molecule has 1 N–H and O–H groups in total. The molecule has 1 aromatic carbocycles. The number of carbonyl (C=O) groups excluding carboxylic acids is 1. The summed E-state index contributed by atoms with van der Waals surface area (Å²) < 4.78 is 7.25. The largest absolute Gasteiger partial charge is 0.363 e. The van der Waals surface area contributed by atoms with Gasteiger partial charge in [0.1, 0.15) is 5.69 Å². The van der Waals surface area contributed by atoms with E-state index in [4.69, 9.17) is 4.74 Å². The number of halogens is 1. The van der Waals surface area contributed by atoms with Crippen LogP contribution in [-0.4, -0.2) is 28.3 Å². The third-order valence-electron chi connectivity index (χ3n) is 2.79. The van der Waals surface area contributed by atoms with Gasteiger partial charge in [-0.15, -0.1) is 0 Å². The summed E-state index contributed by atoms with van der Waals surface area (Å²) in [5, 5.41) is 13.8. The molecule has 2 aromatic rings. The average Bonchev–Trinajstić information content (AvgIpc) is 2.79. The van der Waals surface area contributed by atoms with Gasteiger partial charge in [0.2, 0.25) is 0 Å². The van der Waals surface area contributed by atoms with Gasteiger partial charge in [-0.1, -0.05) is 22.0 Å². The van der Waals surface area contributed by atoms with Crippen LogP contribution in [0.2, 0.25) is 0 Å². The highest BCUT2D eigenvalue weighted by Gasteiger charge is 2.16. The van der Waals surface area contributed by atoms with E-state index in [0.29, 0.717) is 11.3 Å². The number of aromatic nitrogens is 2. The molecule has 0 aliphatic rings. The van der Waals surface area contributed by atoms with Gasteiger partial charge in [-0.05, 0) is 18.2 Å². The van der Waals surface area contributed by atoms with E-state index >= 15 is 0 Å². The Morgan fingerprint density at radius 2 is 2.21 bits per heavy atom. The van der Waals surface area contributed by atoms with E-state index in [2.05, 4.69) is 21.0 Å². The second-order valence-electron chi connectivity index (χ2n) is 4.02. The summed E-state index contributed by atoms with van der Waals surface area (Å²) >= 11 is 3.33. The van der Waals surface area contributed by atoms with Gasteiger partial charge in [-0.3, -0.25) is 9.48 Å². The van der Waals surface area contributed by atoms with Crippen molar-refractivity contribution in [1.82, 2.24) is 9.78 Å². The molecule has 1 atom stereocenters. The Morgan fingerprint density at radius 1 is 1.47 bits per heavy atom. The van der Waals surface area contributed by atoms with Crippen molar-refractivity contribution >= 4 is 22.2 Å². The van der Waals surface area contributed by atoms with Crippen molar-refractivity contribution in [2.45, 2.75) is 6.29 Å². The van der Waals surface area contributed by atoms with E-state index in [-0.39, 0.29) is 0 Å². The van der Waals surface area contributed by atoms with Crippen LogP contribution in [0.4, 0.5) is 0 Å². The molecular weight excluding hydrogens is 312 g/mol. The summed E-state index contributed by atoms with van der Waals surface area (Å²) in [4.78, 5) is 11.1. The molecule has 1 unspecified atom stereocenters. The Hall–Kier alpha value is -1.50. The van der Waals surface area contributed by atoms with Gasteiger partial charge in [0.05, 0.1) is 5.69 Å². The minimum atomic E-state index is -1.07. The number of nitrogens with zero attached hydrogens (tertiary/aromatic N) is 2. The van der Waals surface area contributed by atoms with Crippen LogP contribution in [-0.2, 0) is 11.8 Å². The lowest BCUT2D eigenvalue weighted by Gasteiger charge is -2.05. The van der Waals surface area contributed by atoms with Crippen LogP contribution in [0.25, 0.3) is 11.3 Å². The maximum Gasteiger partial charge on any atom is 0.200 e. The summed E-state index contributed by atoms with van der Waals surface area (Å²) in [6.45, 7) is 0. The summed E-state index contributed by atoms with van der Waals surface area (Å²) in [7, 11) is 3.15. The van der Waals surface area contributed by atoms with Crippen molar-refractivity contribution < 1.29 is 14.6 Å². The number of aliphatic hydroxyl groups excluding tert-OH is 1. The lowest BCUT2D eigenvalue weighted by molar-refractivity contribution is -0.0801. The first-order chi connectivity index (χ1) is 9.06. The first kappa shape index (κ1) is 13.9. The van der Waals surface area contributed by atoms with Crippen molar-refractivity contribution in [1.29, 1.82) is 0 Å². The molecule has 100 valence electrons. The molecule has 0 aliphatic heterocycles. The second-order valence-corrected chi connectivity index (χ2v) is 4.93. The highest BCUT2D eigenvalue weighted by Crippen LogP contribution is 2.27. The number of ether oxygens (including phenoxy) is 1. The molecule has 0 fully saturated rings. The number of rotatable bonds is 4. The molecule has 1 aromatic heterocycles. The Balaban J connectivity index is 2.53. The van der Waals surface area contributed by atoms with Crippen LogP contribution in [0, 0.1) is 0 Å². The Kier molecular flexibility index (Phi) is 4.14. The van der Waals surface area contributed by atoms with E-state index in [1.807, 2.05) is 12.1 Å². The highest BCUT2D eigenvalue weighted by molar-refractivity contribution is 9.10. The van der Waals surface area contributed by atoms with Crippen molar-refractivity contribution in [3.63, 3.8) is 0 Å². The van der Waals surface area contributed by atoms with Crippen molar-refractivity contribution in [2.75, 3.05) is 7.11 Å². The number of aliphatic hydroxyl groups is 1. The fourth-order valence-corrected chi connectivity index (χ4v) is 2.23. The molecule has 6 heteroatoms. The molecule has 0 saturated heterocycles. The monoisotopic (exact) mass is 324 g/mol. The Labute approximate surface area is 118 Å². The lowest BCUT2D eigenvalue weighted by atomic mass is 10.1. The highest BCUT2D eigenvalue weighted by atomic mass is 79.9. The van der Waals surface area contributed by atoms with E-state index in [0.717, 1.165) is 22.0 Å². The first-order valence-corrected chi connectivity index (χ1v) is 6.36. The topological polar surface area (TPSA) is 64.3 Å². The quantitative estimate of drug-likeness (QED) is 0.692. The third-order valence-corrected chi connectivity index (χ3v) is 3.28. The number of aldehydes is 1. The number of benzene rings is 1. The molecule has 0 saturated carbocycles. The van der Waals surface area contributed by atoms with Crippen LogP contribution in [0.5, 0.6) is 0 Å². The molecule has 2 rings (SSSR count). The molecule has 0 amide bonds. The molecular formula is C13H13BrN2O3. The fourth-order valence-electron chi connectivity index (χ4n) is 1.85. The van der Waals surface area contributed by atoms with Gasteiger partial charge in [0, 0.05) is 29.8 Å². The predicted molar refractivity (Wildman–Crippen MR) is 73.7 cm³/mol. The summed E-state index contributed by atoms with van der Waals surface area (Å²) in [5.41, 5.74) is 2.44. The van der Waals surface area contributed by atoms with Crippen molar-refractivity contribution in [3.05, 3.63) is 40.0 Å². The Bertz CT molecular complexity index is 610. The van der Waals surface area contributed by atoms with Gasteiger partial charge in [-0.25, -0.2) is 0 Å². The van der Waals surface area contributed by atoms with E-state index in [1.54, 1.807) is 23.9 Å². The molecule has 1 heterocycles. The van der Waals surface area contributed by atoms with Crippen LogP contribution in [0.1, 0.15) is 22.3 Å². The van der Waals surface area contributed by atoms with E-state index < -0.39 is 6.29 Å². The van der Waals surface area contributed by atoms with Crippen LogP contribution >= 0.6 is 15.9 Å². The zero-order valence-corrected chi connectivity index (χ0v) is 12.1. The van der Waals surface area contributed by atoms with Crippen LogP contribution in [0.3, 0.4) is 0 Å². The third kappa shape index (κ3) is 2.75. The number of methoxy groups -OCH3 is 1. The zero-order valence-electron chi connectivity index (χ0n) is 10.5. The molecule has 0 bridgehead atoms. The molecule has 0 spiro atoms. The maximum atomic E-state index is 11.1. The van der Waals surface area contributed by atoms with E-state index in [9.17, 15) is 9.90 Å². The van der Waals surface area contributed by atoms with Crippen LogP contribution < -0.4 is 0 Å². The van der Waals surface area contributed by atoms with Crippen molar-refractivity contribution in [3.8, 4) is 11.3 Å². The SMILES string of the molecule is COC(O)c1cc(-c2ccc(Br)cc2C=O)n(C)n1. The number of hydrogen-bond acceptors (Lipinski definition) is 4. The number of aryl methyl sites for hydroxylation is 1. The molecule has 0 radical (unpaired) electrons. The molecule has 5 nitrogen and oxygen atoms in total. The van der Waals surface area contributed by atoms with Gasteiger partial charge in [-0.2, -0.15) is 5.10 Å². The summed E-state index contributed by atoms with van der Waals surface area (Å²) in [5.74, 6) is 0. The minimum Gasteiger partial charge on any atom is -0.363 e. The summed E-state index contributed by atoms with van der Waals surface area (Å²) in [6, 6.07) is 7.11. The second kappa shape index (κ2) is 5.64. The lowest BCUT2D eigenvalue weighted by Crippen LogP contribution is -2.01. The van der Waals surface area contributed by atoms with Gasteiger partial charge in [0.15, 0.2) is 12.6 Å². The molecule has 0 aliphatic carbocycles. The molecule has 19 heavy (non-hydrogen) atoms. The zero-order chi connectivity index (χ0) is 14.0. The standard InChI is InChI=1S/C13H13BrN2O3/c1-16-12(6-11(15-16)13(18)19-2)10-4-3-9(14)5-8(10)7-17/h3-7,13,18H,1-2H3. The number of carbonyl (C=O) groups is 1. The number of hydrogen-bond donors (Lipinski definition) is 1. The van der Waals surface area contributed by atoms with Crippen molar-refractivity contribution in [2.24, 2.45) is 7.05 Å². The predicted octanol–water partition coefficient (Wildman–Crippen LogP) is 2.30. The smallest absolute Gasteiger partial charge is 0.200 e. The van der Waals surface area contributed by atoms with Gasteiger partial charge in [0.25, 0.3) is 0 Å². The van der Waals surface area contributed by atoms with E-state index in [1.165, 1.54) is 7.11 Å². The van der Waals surface area contributed by atoms with Crippen LogP contribution in [0.15, 0.2) is 28.7 Å². The average molecular weight is 325 g/mol. The summed E-state index contributed by atoms with van der Waals surface area (Å²) in [6.07, 6.45) is -0.283. The fraction of sp³-hybridized carbons (Fsp3) is 0.231. The van der Waals surface area contributed by atoms with Gasteiger partial charge < -0.3 is 9.84 Å². The normalized spacial score (nSPS) is 12.4. The van der Waals surface area contributed by atoms with Gasteiger partial charge >= 0.3 is 0 Å².